The Morgan fingerprint density at radius 3 is 2.69 bits per heavy atom. The number of aromatic nitrogens is 2. The van der Waals surface area contributed by atoms with Crippen LogP contribution < -0.4 is 5.32 Å². The molecule has 0 bridgehead atoms. The number of nitrogens with one attached hydrogen (secondary N) is 1. The number of nitrogens with zero attached hydrogens (tertiary/aromatic N) is 3. The third kappa shape index (κ3) is 5.50. The van der Waals surface area contributed by atoms with Crippen molar-refractivity contribution < 1.29 is 18.3 Å². The van der Waals surface area contributed by atoms with Crippen molar-refractivity contribution in [2.45, 2.75) is 32.3 Å². The summed E-state index contributed by atoms with van der Waals surface area (Å²) >= 11 is 12.6. The fourth-order valence-corrected chi connectivity index (χ4v) is 4.36. The van der Waals surface area contributed by atoms with Crippen LogP contribution in [0.2, 0.25) is 10.0 Å². The van der Waals surface area contributed by atoms with E-state index >= 15 is 0 Å². The second-order valence-electron chi connectivity index (χ2n) is 8.11. The molecule has 1 aromatic carbocycles. The Balaban J connectivity index is 1.41. The van der Waals surface area contributed by atoms with Crippen LogP contribution in [0.4, 0.5) is 14.5 Å². The van der Waals surface area contributed by atoms with Gasteiger partial charge < -0.3 is 19.7 Å². The predicted molar refractivity (Wildman–Crippen MR) is 133 cm³/mol. The van der Waals surface area contributed by atoms with E-state index in [-0.39, 0.29) is 23.6 Å². The highest BCUT2D eigenvalue weighted by Crippen LogP contribution is 2.37. The standard InChI is InChI=1S/C25H24Cl2F2N4O2/c1-3-25(28,29)20-5-4-18(11-21(20)26)31-15(2)33-8-6-16(7-9-33)23-22(27)10-17(12-30-23)24-32-19(13-34)14-35-24/h4-6,10-12,14,31,34H,2-3,7-9,13H2,1H3. The zero-order valence-corrected chi connectivity index (χ0v) is 20.5. The molecule has 0 fully saturated rings. The fraction of sp³-hybridized carbons (Fsp3) is 0.280. The van der Waals surface area contributed by atoms with Crippen LogP contribution in [-0.4, -0.2) is 33.1 Å². The lowest BCUT2D eigenvalue weighted by molar-refractivity contribution is -0.00815. The molecule has 35 heavy (non-hydrogen) atoms. The first-order valence-electron chi connectivity index (χ1n) is 11.0. The molecule has 0 aliphatic carbocycles. The van der Waals surface area contributed by atoms with Gasteiger partial charge in [-0.25, -0.2) is 13.8 Å². The molecule has 2 N–H and O–H groups in total. The Kier molecular flexibility index (Phi) is 7.44. The molecule has 1 aliphatic rings. The summed E-state index contributed by atoms with van der Waals surface area (Å²) in [6.45, 7) is 6.52. The molecule has 4 rings (SSSR count). The summed E-state index contributed by atoms with van der Waals surface area (Å²) in [6, 6.07) is 6.14. The third-order valence-corrected chi connectivity index (χ3v) is 6.39. The van der Waals surface area contributed by atoms with Gasteiger partial charge in [0.25, 0.3) is 5.92 Å². The minimum Gasteiger partial charge on any atom is -0.444 e. The summed E-state index contributed by atoms with van der Waals surface area (Å²) < 4.78 is 33.3. The molecule has 0 radical (unpaired) electrons. The van der Waals surface area contributed by atoms with E-state index in [1.807, 2.05) is 11.0 Å². The fourth-order valence-electron chi connectivity index (χ4n) is 3.76. The van der Waals surface area contributed by atoms with Gasteiger partial charge in [0, 0.05) is 37.0 Å². The number of hydrogen-bond acceptors (Lipinski definition) is 6. The van der Waals surface area contributed by atoms with E-state index in [4.69, 9.17) is 32.7 Å². The van der Waals surface area contributed by atoms with E-state index < -0.39 is 5.92 Å². The second-order valence-corrected chi connectivity index (χ2v) is 8.92. The van der Waals surface area contributed by atoms with Crippen molar-refractivity contribution in [3.05, 3.63) is 82.2 Å². The normalized spacial score (nSPS) is 14.1. The smallest absolute Gasteiger partial charge is 0.274 e. The molecule has 2 aromatic heterocycles. The van der Waals surface area contributed by atoms with Crippen LogP contribution in [0.3, 0.4) is 0 Å². The first kappa shape index (κ1) is 25.2. The number of aliphatic hydroxyl groups is 1. The van der Waals surface area contributed by atoms with Crippen molar-refractivity contribution in [1.82, 2.24) is 14.9 Å². The van der Waals surface area contributed by atoms with E-state index in [2.05, 4.69) is 21.9 Å². The largest absolute Gasteiger partial charge is 0.444 e. The van der Waals surface area contributed by atoms with E-state index in [0.29, 0.717) is 58.9 Å². The summed E-state index contributed by atoms with van der Waals surface area (Å²) in [5.74, 6) is -2.00. The number of benzene rings is 1. The van der Waals surface area contributed by atoms with Gasteiger partial charge >= 0.3 is 0 Å². The number of rotatable bonds is 8. The average molecular weight is 521 g/mol. The van der Waals surface area contributed by atoms with Crippen LogP contribution in [0, 0.1) is 0 Å². The minimum atomic E-state index is -2.97. The van der Waals surface area contributed by atoms with Crippen molar-refractivity contribution in [3.63, 3.8) is 0 Å². The highest BCUT2D eigenvalue weighted by Gasteiger charge is 2.31. The molecule has 0 saturated heterocycles. The molecule has 184 valence electrons. The summed E-state index contributed by atoms with van der Waals surface area (Å²) in [7, 11) is 0. The molecule has 10 heteroatoms. The zero-order valence-electron chi connectivity index (χ0n) is 19.0. The lowest BCUT2D eigenvalue weighted by atomic mass is 10.0. The number of alkyl halides is 2. The summed E-state index contributed by atoms with van der Waals surface area (Å²) in [5.41, 5.74) is 3.14. The van der Waals surface area contributed by atoms with Crippen LogP contribution in [0.25, 0.3) is 17.0 Å². The maximum absolute atomic E-state index is 14.0. The molecular formula is C25H24Cl2F2N4O2. The Hall–Kier alpha value is -2.94. The summed E-state index contributed by atoms with van der Waals surface area (Å²) in [6.07, 6.45) is 5.41. The topological polar surface area (TPSA) is 74.4 Å². The van der Waals surface area contributed by atoms with E-state index in [0.717, 1.165) is 5.57 Å². The molecule has 0 amide bonds. The van der Waals surface area contributed by atoms with Gasteiger partial charge in [-0.15, -0.1) is 0 Å². The van der Waals surface area contributed by atoms with Crippen LogP contribution in [0.15, 0.2) is 59.6 Å². The maximum Gasteiger partial charge on any atom is 0.274 e. The Morgan fingerprint density at radius 2 is 2.09 bits per heavy atom. The average Bonchev–Trinajstić information content (AvgIpc) is 3.33. The minimum absolute atomic E-state index is 0.0111. The predicted octanol–water partition coefficient (Wildman–Crippen LogP) is 6.71. The highest BCUT2D eigenvalue weighted by atomic mass is 35.5. The quantitative estimate of drug-likeness (QED) is 0.343. The van der Waals surface area contributed by atoms with Gasteiger partial charge in [-0.3, -0.25) is 4.98 Å². The van der Waals surface area contributed by atoms with Crippen LogP contribution >= 0.6 is 23.2 Å². The Bertz CT molecular complexity index is 1280. The second kappa shape index (κ2) is 10.4. The van der Waals surface area contributed by atoms with Crippen molar-refractivity contribution in [2.24, 2.45) is 0 Å². The molecule has 0 spiro atoms. The SMILES string of the molecule is C=C(Nc1ccc(C(F)(F)CC)c(Cl)c1)N1CC=C(c2ncc(-c3nc(CO)co3)cc2Cl)CC1. The monoisotopic (exact) mass is 520 g/mol. The van der Waals surface area contributed by atoms with E-state index in [9.17, 15) is 8.78 Å². The van der Waals surface area contributed by atoms with Gasteiger partial charge in [-0.1, -0.05) is 42.8 Å². The lowest BCUT2D eigenvalue weighted by Gasteiger charge is -2.30. The lowest BCUT2D eigenvalue weighted by Crippen LogP contribution is -2.30. The van der Waals surface area contributed by atoms with Crippen LogP contribution in [0.1, 0.15) is 36.7 Å². The number of pyridine rings is 1. The van der Waals surface area contributed by atoms with Gasteiger partial charge in [0.05, 0.1) is 33.7 Å². The third-order valence-electron chi connectivity index (χ3n) is 5.79. The molecule has 3 aromatic rings. The first-order valence-corrected chi connectivity index (χ1v) is 11.8. The zero-order chi connectivity index (χ0) is 25.2. The first-order chi connectivity index (χ1) is 16.7. The van der Waals surface area contributed by atoms with Crippen molar-refractivity contribution in [2.75, 3.05) is 18.4 Å². The number of aliphatic hydroxyl groups excluding tert-OH is 1. The van der Waals surface area contributed by atoms with Gasteiger partial charge in [-0.2, -0.15) is 0 Å². The van der Waals surface area contributed by atoms with Crippen molar-refractivity contribution >= 4 is 34.5 Å². The van der Waals surface area contributed by atoms with Crippen molar-refractivity contribution in [3.8, 4) is 11.5 Å². The summed E-state index contributed by atoms with van der Waals surface area (Å²) in [5, 5.41) is 12.8. The molecule has 3 heterocycles. The number of hydrogen-bond donors (Lipinski definition) is 2. The molecule has 1 aliphatic heterocycles. The molecular weight excluding hydrogens is 497 g/mol. The van der Waals surface area contributed by atoms with Gasteiger partial charge in [-0.05, 0) is 36.3 Å². The van der Waals surface area contributed by atoms with Crippen LogP contribution in [0.5, 0.6) is 0 Å². The number of halogens is 4. The molecule has 0 unspecified atom stereocenters. The maximum atomic E-state index is 14.0. The molecule has 0 atom stereocenters. The summed E-state index contributed by atoms with van der Waals surface area (Å²) in [4.78, 5) is 10.7. The van der Waals surface area contributed by atoms with Gasteiger partial charge in [0.1, 0.15) is 12.0 Å². The molecule has 6 nitrogen and oxygen atoms in total. The number of oxazole rings is 1. The number of anilines is 1. The van der Waals surface area contributed by atoms with Crippen LogP contribution in [-0.2, 0) is 12.5 Å². The Labute approximate surface area is 211 Å². The van der Waals surface area contributed by atoms with E-state index in [1.165, 1.54) is 25.3 Å². The van der Waals surface area contributed by atoms with E-state index in [1.54, 1.807) is 18.3 Å². The van der Waals surface area contributed by atoms with Gasteiger partial charge in [0.2, 0.25) is 5.89 Å². The van der Waals surface area contributed by atoms with Gasteiger partial charge in [0.15, 0.2) is 0 Å². The Morgan fingerprint density at radius 1 is 1.29 bits per heavy atom. The highest BCUT2D eigenvalue weighted by molar-refractivity contribution is 6.32. The van der Waals surface area contributed by atoms with Crippen molar-refractivity contribution in [1.29, 1.82) is 0 Å². The molecule has 0 saturated carbocycles.